The smallest absolute Gasteiger partial charge is 0.0142 e. The molecule has 0 nitrogen and oxygen atoms in total. The van der Waals surface area contributed by atoms with Crippen molar-refractivity contribution in [3.05, 3.63) is 83.9 Å². The van der Waals surface area contributed by atoms with E-state index in [1.807, 2.05) is 0 Å². The summed E-state index contributed by atoms with van der Waals surface area (Å²) in [4.78, 5) is 0. The van der Waals surface area contributed by atoms with E-state index >= 15 is 0 Å². The highest BCUT2D eigenvalue weighted by atomic mass is 14.2. The summed E-state index contributed by atoms with van der Waals surface area (Å²) in [7, 11) is 0. The molecule has 0 saturated heterocycles. The van der Waals surface area contributed by atoms with Gasteiger partial charge >= 0.3 is 0 Å². The Kier molecular flexibility index (Phi) is 2.42. The number of hydrogen-bond donors (Lipinski definition) is 0. The SMILES string of the molecule is c1ccc2c3c(ccc2c1)-c1ccc2ccccc2c1CC3. The van der Waals surface area contributed by atoms with E-state index in [4.69, 9.17) is 0 Å². The fraction of sp³-hybridized carbons (Fsp3) is 0.0909. The fourth-order valence-electron chi connectivity index (χ4n) is 3.97. The molecule has 0 unspecified atom stereocenters. The number of fused-ring (bicyclic) bond motifs is 7. The van der Waals surface area contributed by atoms with Crippen molar-refractivity contribution in [1.29, 1.82) is 0 Å². The van der Waals surface area contributed by atoms with Gasteiger partial charge in [-0.05, 0) is 56.6 Å². The molecule has 4 aromatic carbocycles. The molecule has 0 atom stereocenters. The monoisotopic (exact) mass is 280 g/mol. The van der Waals surface area contributed by atoms with E-state index in [1.165, 1.54) is 43.8 Å². The molecular weight excluding hydrogens is 264 g/mol. The average Bonchev–Trinajstić information content (AvgIpc) is 2.60. The summed E-state index contributed by atoms with van der Waals surface area (Å²) >= 11 is 0. The van der Waals surface area contributed by atoms with Crippen molar-refractivity contribution in [3.63, 3.8) is 0 Å². The Morgan fingerprint density at radius 2 is 0.909 bits per heavy atom. The maximum atomic E-state index is 2.31. The molecule has 1 aliphatic carbocycles. The molecule has 0 spiro atoms. The maximum Gasteiger partial charge on any atom is -0.0142 e. The molecule has 0 heterocycles. The number of hydrogen-bond acceptors (Lipinski definition) is 0. The van der Waals surface area contributed by atoms with Crippen molar-refractivity contribution in [2.75, 3.05) is 0 Å². The van der Waals surface area contributed by atoms with Gasteiger partial charge in [0, 0.05) is 0 Å². The molecule has 22 heavy (non-hydrogen) atoms. The number of rotatable bonds is 0. The van der Waals surface area contributed by atoms with Crippen LogP contribution in [0.1, 0.15) is 11.1 Å². The second kappa shape index (κ2) is 4.45. The Morgan fingerprint density at radius 1 is 0.455 bits per heavy atom. The third kappa shape index (κ3) is 1.58. The number of benzene rings is 4. The van der Waals surface area contributed by atoms with Crippen LogP contribution in [0.3, 0.4) is 0 Å². The molecular formula is C22H16. The maximum absolute atomic E-state index is 2.31. The Hall–Kier alpha value is -2.60. The first kappa shape index (κ1) is 12.0. The highest BCUT2D eigenvalue weighted by Crippen LogP contribution is 2.40. The molecule has 0 aromatic heterocycles. The highest BCUT2D eigenvalue weighted by molar-refractivity contribution is 5.98. The summed E-state index contributed by atoms with van der Waals surface area (Å²) < 4.78 is 0. The van der Waals surface area contributed by atoms with Gasteiger partial charge in [0.1, 0.15) is 0 Å². The predicted molar refractivity (Wildman–Crippen MR) is 94.3 cm³/mol. The van der Waals surface area contributed by atoms with Gasteiger partial charge in [0.15, 0.2) is 0 Å². The predicted octanol–water partition coefficient (Wildman–Crippen LogP) is 5.76. The molecule has 5 rings (SSSR count). The summed E-state index contributed by atoms with van der Waals surface area (Å²) in [6.07, 6.45) is 2.27. The zero-order valence-corrected chi connectivity index (χ0v) is 12.3. The van der Waals surface area contributed by atoms with Gasteiger partial charge in [0.25, 0.3) is 0 Å². The second-order valence-corrected chi connectivity index (χ2v) is 6.13. The van der Waals surface area contributed by atoms with E-state index in [0.717, 1.165) is 12.8 Å². The molecule has 4 aromatic rings. The quantitative estimate of drug-likeness (QED) is 0.384. The van der Waals surface area contributed by atoms with Gasteiger partial charge in [0.05, 0.1) is 0 Å². The van der Waals surface area contributed by atoms with E-state index in [9.17, 15) is 0 Å². The van der Waals surface area contributed by atoms with Gasteiger partial charge in [-0.2, -0.15) is 0 Å². The van der Waals surface area contributed by atoms with E-state index in [1.54, 1.807) is 0 Å². The third-order valence-corrected chi connectivity index (χ3v) is 5.00. The first-order chi connectivity index (χ1) is 10.9. The largest absolute Gasteiger partial charge is 0.0616 e. The standard InChI is InChI=1S/C22H16/c1-3-7-17-15(5-1)9-11-21-19(17)13-14-20-18-8-4-2-6-16(18)10-12-22(20)21/h1-12H,13-14H2. The van der Waals surface area contributed by atoms with E-state index in [0.29, 0.717) is 0 Å². The van der Waals surface area contributed by atoms with Gasteiger partial charge < -0.3 is 0 Å². The first-order valence-electron chi connectivity index (χ1n) is 7.93. The topological polar surface area (TPSA) is 0 Å². The van der Waals surface area contributed by atoms with Crippen LogP contribution < -0.4 is 0 Å². The van der Waals surface area contributed by atoms with E-state index in [2.05, 4.69) is 72.8 Å². The lowest BCUT2D eigenvalue weighted by Crippen LogP contribution is -2.05. The molecule has 0 bridgehead atoms. The molecule has 0 heteroatoms. The Bertz CT molecular complexity index is 939. The van der Waals surface area contributed by atoms with Crippen molar-refractivity contribution in [2.24, 2.45) is 0 Å². The Balaban J connectivity index is 1.87. The summed E-state index contributed by atoms with van der Waals surface area (Å²) in [6.45, 7) is 0. The average molecular weight is 280 g/mol. The zero-order valence-electron chi connectivity index (χ0n) is 12.3. The van der Waals surface area contributed by atoms with Crippen LogP contribution in [0.4, 0.5) is 0 Å². The molecule has 1 aliphatic rings. The third-order valence-electron chi connectivity index (χ3n) is 5.00. The summed E-state index contributed by atoms with van der Waals surface area (Å²) in [5.41, 5.74) is 5.87. The lowest BCUT2D eigenvalue weighted by molar-refractivity contribution is 0.960. The molecule has 104 valence electrons. The van der Waals surface area contributed by atoms with Crippen LogP contribution in [0.25, 0.3) is 32.7 Å². The van der Waals surface area contributed by atoms with Gasteiger partial charge in [0.2, 0.25) is 0 Å². The van der Waals surface area contributed by atoms with Gasteiger partial charge in [-0.15, -0.1) is 0 Å². The highest BCUT2D eigenvalue weighted by Gasteiger charge is 2.19. The summed E-state index contributed by atoms with van der Waals surface area (Å²) in [6, 6.07) is 26.7. The molecule has 0 amide bonds. The molecule has 0 N–H and O–H groups in total. The van der Waals surface area contributed by atoms with Crippen LogP contribution in [0.2, 0.25) is 0 Å². The molecule has 0 radical (unpaired) electrons. The first-order valence-corrected chi connectivity index (χ1v) is 7.93. The van der Waals surface area contributed by atoms with Crippen LogP contribution in [-0.4, -0.2) is 0 Å². The van der Waals surface area contributed by atoms with Crippen molar-refractivity contribution >= 4 is 21.5 Å². The fourth-order valence-corrected chi connectivity index (χ4v) is 3.97. The minimum absolute atomic E-state index is 1.14. The van der Waals surface area contributed by atoms with Crippen LogP contribution >= 0.6 is 0 Å². The van der Waals surface area contributed by atoms with Crippen LogP contribution in [0.5, 0.6) is 0 Å². The van der Waals surface area contributed by atoms with E-state index < -0.39 is 0 Å². The minimum Gasteiger partial charge on any atom is -0.0616 e. The lowest BCUT2D eigenvalue weighted by atomic mass is 9.81. The zero-order chi connectivity index (χ0) is 14.5. The number of aryl methyl sites for hydroxylation is 2. The van der Waals surface area contributed by atoms with Crippen molar-refractivity contribution < 1.29 is 0 Å². The van der Waals surface area contributed by atoms with Gasteiger partial charge in [-0.3, -0.25) is 0 Å². The molecule has 0 fully saturated rings. The molecule has 0 saturated carbocycles. The summed E-state index contributed by atoms with van der Waals surface area (Å²) in [5, 5.41) is 5.54. The minimum atomic E-state index is 1.14. The van der Waals surface area contributed by atoms with Crippen LogP contribution in [0.15, 0.2) is 72.8 Å². The van der Waals surface area contributed by atoms with Gasteiger partial charge in [-0.25, -0.2) is 0 Å². The van der Waals surface area contributed by atoms with Crippen LogP contribution in [0, 0.1) is 0 Å². The van der Waals surface area contributed by atoms with Gasteiger partial charge in [-0.1, -0.05) is 72.8 Å². The summed E-state index contributed by atoms with van der Waals surface area (Å²) in [5.74, 6) is 0. The lowest BCUT2D eigenvalue weighted by Gasteiger charge is -2.23. The Morgan fingerprint density at radius 3 is 1.41 bits per heavy atom. The van der Waals surface area contributed by atoms with E-state index in [-0.39, 0.29) is 0 Å². The van der Waals surface area contributed by atoms with Crippen LogP contribution in [-0.2, 0) is 12.8 Å². The van der Waals surface area contributed by atoms with Crippen molar-refractivity contribution in [3.8, 4) is 11.1 Å². The molecule has 0 aliphatic heterocycles. The normalized spacial score (nSPS) is 13.1. The van der Waals surface area contributed by atoms with Crippen molar-refractivity contribution in [1.82, 2.24) is 0 Å². The van der Waals surface area contributed by atoms with Crippen molar-refractivity contribution in [2.45, 2.75) is 12.8 Å². The second-order valence-electron chi connectivity index (χ2n) is 6.13. The Labute approximate surface area is 130 Å².